The molecule has 5 nitrogen and oxygen atoms in total. The van der Waals surface area contributed by atoms with Gasteiger partial charge in [0.25, 0.3) is 0 Å². The summed E-state index contributed by atoms with van der Waals surface area (Å²) in [6, 6.07) is 8.77. The number of halogens is 3. The first-order chi connectivity index (χ1) is 12.8. The minimum atomic E-state index is -4.14. The molecular formula is C19H28F3N5. The summed E-state index contributed by atoms with van der Waals surface area (Å²) in [6.07, 6.45) is -2.45. The SMILES string of the molecule is CN=C(NC1CCN(CC(F)(F)F)C1)NC1CCN(c2ccc(C)cc2)C1. The molecule has 1 aromatic rings. The van der Waals surface area contributed by atoms with E-state index < -0.39 is 12.7 Å². The molecule has 0 aromatic heterocycles. The van der Waals surface area contributed by atoms with E-state index in [2.05, 4.69) is 51.7 Å². The first-order valence-corrected chi connectivity index (χ1v) is 9.43. The van der Waals surface area contributed by atoms with Crippen molar-refractivity contribution in [3.8, 4) is 0 Å². The van der Waals surface area contributed by atoms with Crippen LogP contribution in [0, 0.1) is 6.92 Å². The van der Waals surface area contributed by atoms with Crippen molar-refractivity contribution in [1.82, 2.24) is 15.5 Å². The number of aliphatic imine (C=N–C) groups is 1. The summed E-state index contributed by atoms with van der Waals surface area (Å²) in [5, 5.41) is 6.70. The minimum Gasteiger partial charge on any atom is -0.369 e. The standard InChI is InChI=1S/C19H28F3N5/c1-14-3-5-17(6-4-14)27-10-8-16(12-27)25-18(23-2)24-15-7-9-26(11-15)13-19(20,21)22/h3-6,15-16H,7-13H2,1-2H3,(H2,23,24,25). The fourth-order valence-corrected chi connectivity index (χ4v) is 3.77. The maximum absolute atomic E-state index is 12.5. The van der Waals surface area contributed by atoms with E-state index >= 15 is 0 Å². The molecule has 0 aliphatic carbocycles. The van der Waals surface area contributed by atoms with Crippen LogP contribution in [-0.4, -0.2) is 68.9 Å². The highest BCUT2D eigenvalue weighted by Crippen LogP contribution is 2.21. The Balaban J connectivity index is 1.46. The molecule has 8 heteroatoms. The van der Waals surface area contributed by atoms with E-state index in [4.69, 9.17) is 0 Å². The first kappa shape index (κ1) is 19.8. The van der Waals surface area contributed by atoms with Crippen LogP contribution in [0.25, 0.3) is 0 Å². The van der Waals surface area contributed by atoms with E-state index in [1.807, 2.05) is 0 Å². The van der Waals surface area contributed by atoms with Crippen LogP contribution in [-0.2, 0) is 0 Å². The van der Waals surface area contributed by atoms with Crippen LogP contribution in [0.3, 0.4) is 0 Å². The second-order valence-electron chi connectivity index (χ2n) is 7.46. The Bertz CT molecular complexity index is 644. The molecule has 0 saturated carbocycles. The predicted molar refractivity (Wildman–Crippen MR) is 102 cm³/mol. The van der Waals surface area contributed by atoms with Crippen molar-refractivity contribution in [3.05, 3.63) is 29.8 Å². The van der Waals surface area contributed by atoms with Gasteiger partial charge in [-0.15, -0.1) is 0 Å². The van der Waals surface area contributed by atoms with Crippen LogP contribution in [0.2, 0.25) is 0 Å². The lowest BCUT2D eigenvalue weighted by Gasteiger charge is -2.23. The lowest BCUT2D eigenvalue weighted by Crippen LogP contribution is -2.49. The van der Waals surface area contributed by atoms with Gasteiger partial charge in [-0.25, -0.2) is 0 Å². The van der Waals surface area contributed by atoms with E-state index in [1.165, 1.54) is 16.2 Å². The summed E-state index contributed by atoms with van der Waals surface area (Å²) in [4.78, 5) is 8.04. The van der Waals surface area contributed by atoms with Crippen molar-refractivity contribution < 1.29 is 13.2 Å². The van der Waals surface area contributed by atoms with Crippen LogP contribution in [0.15, 0.2) is 29.3 Å². The number of nitrogens with zero attached hydrogens (tertiary/aromatic N) is 3. The number of benzene rings is 1. The topological polar surface area (TPSA) is 42.9 Å². The average molecular weight is 383 g/mol. The van der Waals surface area contributed by atoms with Gasteiger partial charge in [0.05, 0.1) is 6.54 Å². The van der Waals surface area contributed by atoms with Crippen molar-refractivity contribution in [2.24, 2.45) is 4.99 Å². The molecule has 2 aliphatic heterocycles. The molecule has 150 valence electrons. The molecule has 0 bridgehead atoms. The van der Waals surface area contributed by atoms with Crippen LogP contribution >= 0.6 is 0 Å². The molecule has 0 spiro atoms. The number of alkyl halides is 3. The highest BCUT2D eigenvalue weighted by Gasteiger charge is 2.34. The number of likely N-dealkylation sites (tertiary alicyclic amines) is 1. The summed E-state index contributed by atoms with van der Waals surface area (Å²) in [5.74, 6) is 0.671. The van der Waals surface area contributed by atoms with E-state index in [0.29, 0.717) is 25.5 Å². The molecule has 0 radical (unpaired) electrons. The second kappa shape index (κ2) is 8.37. The van der Waals surface area contributed by atoms with Gasteiger partial charge in [0.15, 0.2) is 5.96 Å². The summed E-state index contributed by atoms with van der Waals surface area (Å²) in [6.45, 7) is 3.94. The van der Waals surface area contributed by atoms with Crippen LogP contribution in [0.4, 0.5) is 18.9 Å². The molecule has 2 N–H and O–H groups in total. The largest absolute Gasteiger partial charge is 0.401 e. The summed E-state index contributed by atoms with van der Waals surface area (Å²) in [5.41, 5.74) is 2.46. The summed E-state index contributed by atoms with van der Waals surface area (Å²) in [7, 11) is 1.70. The Morgan fingerprint density at radius 2 is 1.70 bits per heavy atom. The molecule has 27 heavy (non-hydrogen) atoms. The lowest BCUT2D eigenvalue weighted by atomic mass is 10.2. The normalized spacial score (nSPS) is 24.5. The highest BCUT2D eigenvalue weighted by atomic mass is 19.4. The second-order valence-corrected chi connectivity index (χ2v) is 7.46. The zero-order valence-electron chi connectivity index (χ0n) is 15.9. The fraction of sp³-hybridized carbons (Fsp3) is 0.632. The van der Waals surface area contributed by atoms with E-state index in [-0.39, 0.29) is 12.1 Å². The molecule has 2 unspecified atom stereocenters. The third kappa shape index (κ3) is 5.76. The van der Waals surface area contributed by atoms with Crippen molar-refractivity contribution in [2.75, 3.05) is 44.7 Å². The van der Waals surface area contributed by atoms with Crippen molar-refractivity contribution in [2.45, 2.75) is 38.0 Å². The van der Waals surface area contributed by atoms with Crippen LogP contribution in [0.1, 0.15) is 18.4 Å². The zero-order chi connectivity index (χ0) is 19.4. The van der Waals surface area contributed by atoms with Crippen molar-refractivity contribution >= 4 is 11.6 Å². The van der Waals surface area contributed by atoms with Gasteiger partial charge in [-0.2, -0.15) is 13.2 Å². The summed E-state index contributed by atoms with van der Waals surface area (Å²) < 4.78 is 37.6. The Labute approximate surface area is 158 Å². The smallest absolute Gasteiger partial charge is 0.369 e. The van der Waals surface area contributed by atoms with E-state index in [0.717, 1.165) is 19.5 Å². The fourth-order valence-electron chi connectivity index (χ4n) is 3.77. The van der Waals surface area contributed by atoms with Gasteiger partial charge < -0.3 is 15.5 Å². The van der Waals surface area contributed by atoms with Gasteiger partial charge in [0, 0.05) is 51.0 Å². The van der Waals surface area contributed by atoms with Crippen molar-refractivity contribution in [1.29, 1.82) is 0 Å². The third-order valence-electron chi connectivity index (χ3n) is 5.17. The van der Waals surface area contributed by atoms with Gasteiger partial charge in [0.1, 0.15) is 0 Å². The Morgan fingerprint density at radius 1 is 1.07 bits per heavy atom. The van der Waals surface area contributed by atoms with Gasteiger partial charge in [0.2, 0.25) is 0 Å². The number of hydrogen-bond donors (Lipinski definition) is 2. The first-order valence-electron chi connectivity index (χ1n) is 9.43. The number of hydrogen-bond acceptors (Lipinski definition) is 3. The van der Waals surface area contributed by atoms with Gasteiger partial charge in [-0.3, -0.25) is 9.89 Å². The lowest BCUT2D eigenvalue weighted by molar-refractivity contribution is -0.143. The van der Waals surface area contributed by atoms with Crippen molar-refractivity contribution in [3.63, 3.8) is 0 Å². The number of aryl methyl sites for hydroxylation is 1. The molecule has 3 rings (SSSR count). The van der Waals surface area contributed by atoms with Gasteiger partial charge in [-0.05, 0) is 31.9 Å². The third-order valence-corrected chi connectivity index (χ3v) is 5.17. The predicted octanol–water partition coefficient (Wildman–Crippen LogP) is 2.38. The number of guanidine groups is 1. The molecule has 2 atom stereocenters. The van der Waals surface area contributed by atoms with Crippen LogP contribution in [0.5, 0.6) is 0 Å². The van der Waals surface area contributed by atoms with E-state index in [1.54, 1.807) is 7.05 Å². The Kier molecular flexibility index (Phi) is 6.14. The quantitative estimate of drug-likeness (QED) is 0.619. The van der Waals surface area contributed by atoms with Gasteiger partial charge >= 0.3 is 6.18 Å². The maximum atomic E-state index is 12.5. The highest BCUT2D eigenvalue weighted by molar-refractivity contribution is 5.80. The number of nitrogens with one attached hydrogen (secondary N) is 2. The summed E-state index contributed by atoms with van der Waals surface area (Å²) >= 11 is 0. The molecular weight excluding hydrogens is 355 g/mol. The zero-order valence-corrected chi connectivity index (χ0v) is 15.9. The van der Waals surface area contributed by atoms with E-state index in [9.17, 15) is 13.2 Å². The molecule has 2 heterocycles. The molecule has 2 aliphatic rings. The van der Waals surface area contributed by atoms with Gasteiger partial charge in [-0.1, -0.05) is 17.7 Å². The minimum absolute atomic E-state index is 0.00634. The Hall–Kier alpha value is -1.96. The molecule has 2 fully saturated rings. The molecule has 1 aromatic carbocycles. The van der Waals surface area contributed by atoms with Crippen LogP contribution < -0.4 is 15.5 Å². The maximum Gasteiger partial charge on any atom is 0.401 e. The number of anilines is 1. The molecule has 0 amide bonds. The Morgan fingerprint density at radius 3 is 2.33 bits per heavy atom. The monoisotopic (exact) mass is 383 g/mol. The average Bonchev–Trinajstić information content (AvgIpc) is 3.23. The number of rotatable bonds is 4. The molecule has 2 saturated heterocycles.